The first-order valence-corrected chi connectivity index (χ1v) is 8.24. The minimum absolute atomic E-state index is 0.00263. The lowest BCUT2D eigenvalue weighted by Gasteiger charge is -2.19. The Balaban J connectivity index is 1.79. The molecule has 1 aromatic carbocycles. The van der Waals surface area contributed by atoms with E-state index in [2.05, 4.69) is 10.3 Å². The molecule has 2 aromatic rings. The van der Waals surface area contributed by atoms with Gasteiger partial charge in [-0.2, -0.15) is 18.4 Å². The smallest absolute Gasteiger partial charge is 0.343 e. The Bertz CT molecular complexity index is 936. The lowest BCUT2D eigenvalue weighted by Crippen LogP contribution is -2.42. The maximum atomic E-state index is 12.9. The molecule has 1 aliphatic heterocycles. The van der Waals surface area contributed by atoms with E-state index in [0.717, 1.165) is 12.1 Å². The van der Waals surface area contributed by atoms with Crippen molar-refractivity contribution in [3.05, 3.63) is 41.6 Å². The molecular formula is C18H15F3N4O2. The first-order valence-electron chi connectivity index (χ1n) is 8.24. The quantitative estimate of drug-likeness (QED) is 0.892. The molecule has 1 N–H and O–H groups in total. The van der Waals surface area contributed by atoms with E-state index in [-0.39, 0.29) is 23.0 Å². The van der Waals surface area contributed by atoms with Crippen LogP contribution in [0.15, 0.2) is 30.5 Å². The Labute approximate surface area is 152 Å². The summed E-state index contributed by atoms with van der Waals surface area (Å²) >= 11 is 0. The molecule has 9 heteroatoms. The van der Waals surface area contributed by atoms with Crippen molar-refractivity contribution in [2.75, 3.05) is 13.1 Å². The zero-order valence-electron chi connectivity index (χ0n) is 14.1. The second kappa shape index (κ2) is 7.23. The third-order valence-corrected chi connectivity index (χ3v) is 4.44. The zero-order chi connectivity index (χ0) is 19.6. The van der Waals surface area contributed by atoms with E-state index in [1.165, 1.54) is 23.2 Å². The molecule has 1 saturated heterocycles. The Morgan fingerprint density at radius 3 is 2.81 bits per heavy atom. The Hall–Kier alpha value is -3.15. The maximum Gasteiger partial charge on any atom is 0.416 e. The topological polar surface area (TPSA) is 86.1 Å². The molecule has 27 heavy (non-hydrogen) atoms. The molecular weight excluding hydrogens is 361 g/mol. The summed E-state index contributed by atoms with van der Waals surface area (Å²) < 4.78 is 38.8. The van der Waals surface area contributed by atoms with Gasteiger partial charge in [0.15, 0.2) is 0 Å². The summed E-state index contributed by atoms with van der Waals surface area (Å²) in [4.78, 5) is 30.0. The van der Waals surface area contributed by atoms with Crippen molar-refractivity contribution in [2.45, 2.75) is 25.1 Å². The standard InChI is InChI=1S/C18H15F3N4O2/c19-18(20,21)11-3-4-15-14(8-11)13(5-6-23-15)17(27)24-10-16(26)25-7-1-2-12(25)9-22/h3-6,8,12H,1-2,7,10H2,(H,24,27)/t12-/m0/s1. The highest BCUT2D eigenvalue weighted by molar-refractivity contribution is 6.07. The number of hydrogen-bond donors (Lipinski definition) is 1. The fraction of sp³-hybridized carbons (Fsp3) is 0.333. The summed E-state index contributed by atoms with van der Waals surface area (Å²) in [6.07, 6.45) is -1.92. The van der Waals surface area contributed by atoms with E-state index in [4.69, 9.17) is 5.26 Å². The van der Waals surface area contributed by atoms with Crippen LogP contribution in [0.5, 0.6) is 0 Å². The summed E-state index contributed by atoms with van der Waals surface area (Å²) in [5.74, 6) is -1.08. The second-order valence-electron chi connectivity index (χ2n) is 6.15. The van der Waals surface area contributed by atoms with Gasteiger partial charge in [0.2, 0.25) is 5.91 Å². The fourth-order valence-corrected chi connectivity index (χ4v) is 3.07. The summed E-state index contributed by atoms with van der Waals surface area (Å²) in [6, 6.07) is 5.79. The van der Waals surface area contributed by atoms with Gasteiger partial charge in [-0.3, -0.25) is 14.6 Å². The molecule has 0 bridgehead atoms. The normalized spacial score (nSPS) is 17.0. The van der Waals surface area contributed by atoms with Gasteiger partial charge in [-0.15, -0.1) is 0 Å². The zero-order valence-corrected chi connectivity index (χ0v) is 14.1. The Morgan fingerprint density at radius 2 is 2.11 bits per heavy atom. The third kappa shape index (κ3) is 3.84. The number of hydrogen-bond acceptors (Lipinski definition) is 4. The summed E-state index contributed by atoms with van der Waals surface area (Å²) in [5.41, 5.74) is -0.648. The van der Waals surface area contributed by atoms with Crippen molar-refractivity contribution in [3.63, 3.8) is 0 Å². The van der Waals surface area contributed by atoms with Gasteiger partial charge in [0, 0.05) is 18.1 Å². The number of halogens is 3. The van der Waals surface area contributed by atoms with Crippen molar-refractivity contribution in [3.8, 4) is 6.07 Å². The van der Waals surface area contributed by atoms with Crippen LogP contribution in [0.3, 0.4) is 0 Å². The molecule has 0 unspecified atom stereocenters. The first kappa shape index (κ1) is 18.6. The van der Waals surface area contributed by atoms with E-state index in [9.17, 15) is 22.8 Å². The number of fused-ring (bicyclic) bond motifs is 1. The number of rotatable bonds is 3. The van der Waals surface area contributed by atoms with Crippen LogP contribution < -0.4 is 5.32 Å². The monoisotopic (exact) mass is 376 g/mol. The first-order chi connectivity index (χ1) is 12.8. The van der Waals surface area contributed by atoms with E-state index < -0.39 is 29.6 Å². The molecule has 0 aliphatic carbocycles. The lowest BCUT2D eigenvalue weighted by molar-refractivity contribution is -0.137. The minimum atomic E-state index is -4.55. The Morgan fingerprint density at radius 1 is 1.33 bits per heavy atom. The number of nitrogens with zero attached hydrogens (tertiary/aromatic N) is 3. The van der Waals surface area contributed by atoms with Gasteiger partial charge in [0.1, 0.15) is 6.04 Å². The molecule has 140 valence electrons. The molecule has 1 aromatic heterocycles. The molecule has 6 nitrogen and oxygen atoms in total. The van der Waals surface area contributed by atoms with Crippen LogP contribution in [0.25, 0.3) is 10.9 Å². The van der Waals surface area contributed by atoms with Crippen LogP contribution in [0.2, 0.25) is 0 Å². The number of nitrogens with one attached hydrogen (secondary N) is 1. The highest BCUT2D eigenvalue weighted by Crippen LogP contribution is 2.31. The average molecular weight is 376 g/mol. The SMILES string of the molecule is N#C[C@@H]1CCCN1C(=O)CNC(=O)c1ccnc2ccc(C(F)(F)F)cc12. The molecule has 1 fully saturated rings. The predicted octanol–water partition coefficient (Wildman–Crippen LogP) is 2.50. The van der Waals surface area contributed by atoms with E-state index in [1.807, 2.05) is 6.07 Å². The number of likely N-dealkylation sites (tertiary alicyclic amines) is 1. The van der Waals surface area contributed by atoms with Crippen molar-refractivity contribution in [1.82, 2.24) is 15.2 Å². The van der Waals surface area contributed by atoms with Crippen LogP contribution in [-0.2, 0) is 11.0 Å². The number of carbonyl (C=O) groups is 2. The van der Waals surface area contributed by atoms with Crippen molar-refractivity contribution in [2.24, 2.45) is 0 Å². The van der Waals surface area contributed by atoms with Crippen molar-refractivity contribution in [1.29, 1.82) is 5.26 Å². The van der Waals surface area contributed by atoms with Crippen molar-refractivity contribution < 1.29 is 22.8 Å². The highest BCUT2D eigenvalue weighted by Gasteiger charge is 2.31. The van der Waals surface area contributed by atoms with E-state index in [0.29, 0.717) is 19.4 Å². The predicted molar refractivity (Wildman–Crippen MR) is 89.4 cm³/mol. The number of pyridine rings is 1. The highest BCUT2D eigenvalue weighted by atomic mass is 19.4. The van der Waals surface area contributed by atoms with Crippen LogP contribution in [0.1, 0.15) is 28.8 Å². The lowest BCUT2D eigenvalue weighted by atomic mass is 10.1. The van der Waals surface area contributed by atoms with Gasteiger partial charge >= 0.3 is 6.18 Å². The maximum absolute atomic E-state index is 12.9. The minimum Gasteiger partial charge on any atom is -0.343 e. The van der Waals surface area contributed by atoms with E-state index >= 15 is 0 Å². The number of carbonyl (C=O) groups excluding carboxylic acids is 2. The van der Waals surface area contributed by atoms with Gasteiger partial charge in [-0.1, -0.05) is 0 Å². The molecule has 1 aliphatic rings. The third-order valence-electron chi connectivity index (χ3n) is 4.44. The van der Waals surface area contributed by atoms with Crippen LogP contribution in [0, 0.1) is 11.3 Å². The molecule has 1 atom stereocenters. The molecule has 0 spiro atoms. The molecule has 0 saturated carbocycles. The number of alkyl halides is 3. The largest absolute Gasteiger partial charge is 0.416 e. The molecule has 0 radical (unpaired) electrons. The number of aromatic nitrogens is 1. The van der Waals surface area contributed by atoms with Crippen molar-refractivity contribution >= 4 is 22.7 Å². The molecule has 2 amide bonds. The number of benzene rings is 1. The summed E-state index contributed by atoms with van der Waals surface area (Å²) in [5, 5.41) is 11.5. The molecule has 2 heterocycles. The van der Waals surface area contributed by atoms with Gasteiger partial charge in [0.05, 0.1) is 29.3 Å². The number of nitriles is 1. The van der Waals surface area contributed by atoms with Gasteiger partial charge in [0.25, 0.3) is 5.91 Å². The Kier molecular flexibility index (Phi) is 4.99. The van der Waals surface area contributed by atoms with Gasteiger partial charge < -0.3 is 10.2 Å². The van der Waals surface area contributed by atoms with Gasteiger partial charge in [-0.05, 0) is 37.1 Å². The fourth-order valence-electron chi connectivity index (χ4n) is 3.07. The average Bonchev–Trinajstić information content (AvgIpc) is 3.13. The van der Waals surface area contributed by atoms with Crippen LogP contribution in [0.4, 0.5) is 13.2 Å². The number of amides is 2. The van der Waals surface area contributed by atoms with Crippen LogP contribution in [-0.4, -0.2) is 40.8 Å². The van der Waals surface area contributed by atoms with Crippen LogP contribution >= 0.6 is 0 Å². The summed E-state index contributed by atoms with van der Waals surface area (Å²) in [7, 11) is 0. The van der Waals surface area contributed by atoms with Gasteiger partial charge in [-0.25, -0.2) is 0 Å². The van der Waals surface area contributed by atoms with E-state index in [1.54, 1.807) is 0 Å². The second-order valence-corrected chi connectivity index (χ2v) is 6.15. The summed E-state index contributed by atoms with van der Waals surface area (Å²) in [6.45, 7) is 0.111. The molecule has 3 rings (SSSR count).